The molecule has 3 aromatic rings. The maximum absolute atomic E-state index is 5.68. The first kappa shape index (κ1) is 15.9. The maximum Gasteiger partial charge on any atom is 0.226 e. The van der Waals surface area contributed by atoms with Gasteiger partial charge in [-0.15, -0.1) is 0 Å². The summed E-state index contributed by atoms with van der Waals surface area (Å²) in [5.74, 6) is 1.48. The van der Waals surface area contributed by atoms with Crippen LogP contribution in [-0.4, -0.2) is 24.0 Å². The lowest BCUT2D eigenvalue weighted by Gasteiger charge is -2.24. The van der Waals surface area contributed by atoms with Crippen LogP contribution in [0.3, 0.4) is 0 Å². The normalized spacial score (nSPS) is 16.2. The molecule has 0 amide bonds. The predicted octanol–water partition coefficient (Wildman–Crippen LogP) is 4.47. The molecule has 1 atom stereocenters. The number of nitrogens with zero attached hydrogens (tertiary/aromatic N) is 2. The van der Waals surface area contributed by atoms with Crippen molar-refractivity contribution in [1.82, 2.24) is 9.88 Å². The number of fused-ring (bicyclic) bond motifs is 1. The lowest BCUT2D eigenvalue weighted by atomic mass is 10.1. The molecule has 1 aliphatic carbocycles. The average Bonchev–Trinajstić information content (AvgIpc) is 3.28. The van der Waals surface area contributed by atoms with E-state index in [1.807, 2.05) is 24.3 Å². The maximum atomic E-state index is 5.68. The van der Waals surface area contributed by atoms with Gasteiger partial charge in [0.05, 0.1) is 12.8 Å². The third-order valence-electron chi connectivity index (χ3n) is 4.93. The number of ether oxygens (including phenoxy) is 1. The van der Waals surface area contributed by atoms with Crippen molar-refractivity contribution in [3.05, 3.63) is 71.6 Å². The second-order valence-corrected chi connectivity index (χ2v) is 6.54. The van der Waals surface area contributed by atoms with Crippen LogP contribution < -0.4 is 4.74 Å². The van der Waals surface area contributed by atoms with Gasteiger partial charge >= 0.3 is 0 Å². The molecule has 0 aliphatic heterocycles. The predicted molar refractivity (Wildman–Crippen MR) is 97.5 cm³/mol. The van der Waals surface area contributed by atoms with Crippen molar-refractivity contribution in [2.75, 3.05) is 14.2 Å². The highest BCUT2D eigenvalue weighted by Crippen LogP contribution is 2.35. The Morgan fingerprint density at radius 1 is 1.16 bits per heavy atom. The van der Waals surface area contributed by atoms with Crippen molar-refractivity contribution >= 4 is 0 Å². The number of aromatic nitrogens is 1. The van der Waals surface area contributed by atoms with Gasteiger partial charge < -0.3 is 9.15 Å². The minimum absolute atomic E-state index is 0.456. The quantitative estimate of drug-likeness (QED) is 0.690. The van der Waals surface area contributed by atoms with Gasteiger partial charge in [0.25, 0.3) is 0 Å². The van der Waals surface area contributed by atoms with E-state index in [0.29, 0.717) is 11.9 Å². The Hall–Kier alpha value is -2.59. The first-order valence-electron chi connectivity index (χ1n) is 8.61. The molecule has 4 heteroatoms. The van der Waals surface area contributed by atoms with Crippen LogP contribution in [0.5, 0.6) is 5.75 Å². The molecular formula is C21H22N2O2. The van der Waals surface area contributed by atoms with Gasteiger partial charge in [0.2, 0.25) is 5.89 Å². The Kier molecular flexibility index (Phi) is 4.28. The van der Waals surface area contributed by atoms with Gasteiger partial charge in [-0.05, 0) is 55.3 Å². The fourth-order valence-corrected chi connectivity index (χ4v) is 3.60. The van der Waals surface area contributed by atoms with Crippen LogP contribution in [0.15, 0.2) is 59.2 Å². The van der Waals surface area contributed by atoms with Gasteiger partial charge in [-0.1, -0.05) is 24.3 Å². The summed E-state index contributed by atoms with van der Waals surface area (Å²) in [5.41, 5.74) is 4.83. The molecule has 0 radical (unpaired) electrons. The highest BCUT2D eigenvalue weighted by atomic mass is 16.5. The molecule has 0 bridgehead atoms. The van der Waals surface area contributed by atoms with Gasteiger partial charge in [0, 0.05) is 18.2 Å². The van der Waals surface area contributed by atoms with Crippen molar-refractivity contribution in [2.45, 2.75) is 25.4 Å². The summed E-state index contributed by atoms with van der Waals surface area (Å²) in [6.07, 6.45) is 4.08. The Balaban J connectivity index is 1.47. The lowest BCUT2D eigenvalue weighted by molar-refractivity contribution is 0.233. The van der Waals surface area contributed by atoms with E-state index in [4.69, 9.17) is 9.15 Å². The van der Waals surface area contributed by atoms with Gasteiger partial charge in [-0.3, -0.25) is 4.90 Å². The number of aryl methyl sites for hydroxylation is 1. The van der Waals surface area contributed by atoms with Crippen LogP contribution in [-0.2, 0) is 13.0 Å². The monoisotopic (exact) mass is 334 g/mol. The van der Waals surface area contributed by atoms with Crippen LogP contribution in [0.25, 0.3) is 11.5 Å². The molecule has 4 rings (SSSR count). The minimum atomic E-state index is 0.456. The minimum Gasteiger partial charge on any atom is -0.497 e. The number of methoxy groups -OCH3 is 1. The molecule has 0 N–H and O–H groups in total. The topological polar surface area (TPSA) is 38.5 Å². The number of oxazole rings is 1. The number of hydrogen-bond acceptors (Lipinski definition) is 4. The fraction of sp³-hybridized carbons (Fsp3) is 0.286. The summed E-state index contributed by atoms with van der Waals surface area (Å²) in [6, 6.07) is 17.0. The number of rotatable bonds is 5. The molecule has 1 unspecified atom stereocenters. The molecule has 1 aromatic heterocycles. The molecule has 0 saturated heterocycles. The van der Waals surface area contributed by atoms with Crippen molar-refractivity contribution in [3.63, 3.8) is 0 Å². The van der Waals surface area contributed by atoms with Gasteiger partial charge in [0.15, 0.2) is 0 Å². The average molecular weight is 334 g/mol. The van der Waals surface area contributed by atoms with Gasteiger partial charge in [0.1, 0.15) is 12.0 Å². The summed E-state index contributed by atoms with van der Waals surface area (Å²) in [6.45, 7) is 0.776. The molecule has 0 fully saturated rings. The highest BCUT2D eigenvalue weighted by Gasteiger charge is 2.25. The number of benzene rings is 2. The van der Waals surface area contributed by atoms with E-state index in [1.165, 1.54) is 17.5 Å². The van der Waals surface area contributed by atoms with Crippen LogP contribution in [0, 0.1) is 0 Å². The first-order valence-corrected chi connectivity index (χ1v) is 8.61. The second-order valence-electron chi connectivity index (χ2n) is 6.54. The second kappa shape index (κ2) is 6.73. The largest absolute Gasteiger partial charge is 0.497 e. The molecule has 2 aromatic carbocycles. The Labute approximate surface area is 148 Å². The smallest absolute Gasteiger partial charge is 0.226 e. The van der Waals surface area contributed by atoms with E-state index in [1.54, 1.807) is 13.4 Å². The lowest BCUT2D eigenvalue weighted by Crippen LogP contribution is -2.22. The molecule has 1 heterocycles. The Bertz CT molecular complexity index is 854. The summed E-state index contributed by atoms with van der Waals surface area (Å²) in [4.78, 5) is 7.02. The zero-order valence-electron chi connectivity index (χ0n) is 14.6. The van der Waals surface area contributed by atoms with Crippen molar-refractivity contribution in [1.29, 1.82) is 0 Å². The Morgan fingerprint density at radius 3 is 2.76 bits per heavy atom. The Morgan fingerprint density at radius 2 is 1.96 bits per heavy atom. The zero-order chi connectivity index (χ0) is 17.2. The third kappa shape index (κ3) is 3.17. The van der Waals surface area contributed by atoms with Crippen LogP contribution in [0.2, 0.25) is 0 Å². The molecule has 4 nitrogen and oxygen atoms in total. The number of hydrogen-bond donors (Lipinski definition) is 0. The zero-order valence-corrected chi connectivity index (χ0v) is 14.6. The van der Waals surface area contributed by atoms with E-state index in [-0.39, 0.29) is 0 Å². The van der Waals surface area contributed by atoms with Crippen molar-refractivity contribution in [3.8, 4) is 17.2 Å². The van der Waals surface area contributed by atoms with Crippen molar-refractivity contribution in [2.24, 2.45) is 0 Å². The van der Waals surface area contributed by atoms with Crippen molar-refractivity contribution < 1.29 is 9.15 Å². The summed E-state index contributed by atoms with van der Waals surface area (Å²) < 4.78 is 10.9. The van der Waals surface area contributed by atoms with E-state index in [0.717, 1.165) is 30.0 Å². The van der Waals surface area contributed by atoms with Crippen LogP contribution in [0.4, 0.5) is 0 Å². The molecular weight excluding hydrogens is 312 g/mol. The standard InChI is InChI=1S/C21H22N2O2/c1-23(20-12-9-15-5-3-4-6-19(15)20)13-17-14-25-21(22-17)16-7-10-18(24-2)11-8-16/h3-8,10-11,14,20H,9,12-13H2,1-2H3. The first-order chi connectivity index (χ1) is 12.2. The van der Waals surface area contributed by atoms with E-state index in [9.17, 15) is 0 Å². The molecule has 1 aliphatic rings. The summed E-state index contributed by atoms with van der Waals surface area (Å²) in [5, 5.41) is 0. The highest BCUT2D eigenvalue weighted by molar-refractivity contribution is 5.54. The molecule has 128 valence electrons. The molecule has 25 heavy (non-hydrogen) atoms. The van der Waals surface area contributed by atoms with E-state index in [2.05, 4.69) is 41.2 Å². The van der Waals surface area contributed by atoms with E-state index >= 15 is 0 Å². The molecule has 0 spiro atoms. The summed E-state index contributed by atoms with van der Waals surface area (Å²) >= 11 is 0. The van der Waals surface area contributed by atoms with Gasteiger partial charge in [-0.2, -0.15) is 0 Å². The summed E-state index contributed by atoms with van der Waals surface area (Å²) in [7, 11) is 3.82. The molecule has 0 saturated carbocycles. The van der Waals surface area contributed by atoms with E-state index < -0.39 is 0 Å². The van der Waals surface area contributed by atoms with Crippen LogP contribution >= 0.6 is 0 Å². The third-order valence-corrected chi connectivity index (χ3v) is 4.93. The van der Waals surface area contributed by atoms with Gasteiger partial charge in [-0.25, -0.2) is 4.98 Å². The SMILES string of the molecule is COc1ccc(-c2nc(CN(C)C3CCc4ccccc43)co2)cc1. The van der Waals surface area contributed by atoms with Crippen LogP contribution in [0.1, 0.15) is 29.3 Å². The fourth-order valence-electron chi connectivity index (χ4n) is 3.60.